The van der Waals surface area contributed by atoms with Crippen molar-refractivity contribution in [3.05, 3.63) is 54.1 Å². The van der Waals surface area contributed by atoms with Crippen molar-refractivity contribution < 1.29 is 19.1 Å². The molecular formula is C27H33N3O4. The van der Waals surface area contributed by atoms with Gasteiger partial charge < -0.3 is 19.7 Å². The number of nitrogens with one attached hydrogen (secondary N) is 1. The van der Waals surface area contributed by atoms with E-state index in [9.17, 15) is 9.59 Å². The summed E-state index contributed by atoms with van der Waals surface area (Å²) in [6, 6.07) is 16.1. The van der Waals surface area contributed by atoms with Gasteiger partial charge in [0.15, 0.2) is 11.5 Å². The fourth-order valence-electron chi connectivity index (χ4n) is 5.20. The van der Waals surface area contributed by atoms with Crippen LogP contribution < -0.4 is 14.8 Å². The molecule has 0 spiro atoms. The van der Waals surface area contributed by atoms with Crippen LogP contribution in [0, 0.1) is 11.8 Å². The van der Waals surface area contributed by atoms with E-state index < -0.39 is 0 Å². The van der Waals surface area contributed by atoms with Crippen LogP contribution in [0.15, 0.2) is 48.5 Å². The molecule has 7 nitrogen and oxygen atoms in total. The van der Waals surface area contributed by atoms with Gasteiger partial charge in [-0.2, -0.15) is 0 Å². The first kappa shape index (κ1) is 22.7. The molecule has 1 N–H and O–H groups in total. The lowest BCUT2D eigenvalue weighted by molar-refractivity contribution is -0.134. The summed E-state index contributed by atoms with van der Waals surface area (Å²) in [4.78, 5) is 29.8. The lowest BCUT2D eigenvalue weighted by Crippen LogP contribution is -2.47. The minimum atomic E-state index is -0.0366. The Hall–Kier alpha value is -3.06. The zero-order valence-corrected chi connectivity index (χ0v) is 19.6. The Kier molecular flexibility index (Phi) is 7.00. The van der Waals surface area contributed by atoms with Crippen LogP contribution in [0.1, 0.15) is 31.2 Å². The molecule has 3 heterocycles. The number of anilines is 1. The zero-order valence-electron chi connectivity index (χ0n) is 19.6. The van der Waals surface area contributed by atoms with Gasteiger partial charge in [-0.15, -0.1) is 0 Å². The fourth-order valence-corrected chi connectivity index (χ4v) is 5.20. The second-order valence-corrected chi connectivity index (χ2v) is 9.62. The standard InChI is InChI=1S/C27H33N3O4/c31-26(30-14-8-21(9-15-30)16-20-4-2-1-3-5-20)18-29-12-10-22(11-13-29)27(32)28-23-6-7-24-25(17-23)34-19-33-24/h1-7,17,21-22H,8-16,18-19H2,(H,28,32). The van der Waals surface area contributed by atoms with Crippen molar-refractivity contribution in [3.63, 3.8) is 0 Å². The normalized spacial score (nSPS) is 19.2. The van der Waals surface area contributed by atoms with Crippen molar-refractivity contribution in [2.75, 3.05) is 44.8 Å². The molecule has 2 fully saturated rings. The molecule has 3 aliphatic heterocycles. The van der Waals surface area contributed by atoms with Gasteiger partial charge in [-0.25, -0.2) is 0 Å². The quantitative estimate of drug-likeness (QED) is 0.710. The lowest BCUT2D eigenvalue weighted by atomic mass is 9.90. The van der Waals surface area contributed by atoms with E-state index in [0.717, 1.165) is 64.0 Å². The third kappa shape index (κ3) is 5.53. The predicted molar refractivity (Wildman–Crippen MR) is 130 cm³/mol. The Morgan fingerprint density at radius 3 is 2.38 bits per heavy atom. The highest BCUT2D eigenvalue weighted by atomic mass is 16.7. The molecule has 0 saturated carbocycles. The maximum absolute atomic E-state index is 12.9. The summed E-state index contributed by atoms with van der Waals surface area (Å²) in [5.74, 6) is 2.24. The van der Waals surface area contributed by atoms with Crippen LogP contribution in [-0.2, 0) is 16.0 Å². The van der Waals surface area contributed by atoms with E-state index in [2.05, 4.69) is 40.5 Å². The third-order valence-corrected chi connectivity index (χ3v) is 7.29. The van der Waals surface area contributed by atoms with Crippen LogP contribution in [0.5, 0.6) is 11.5 Å². The molecule has 3 aliphatic rings. The second kappa shape index (κ2) is 10.5. The van der Waals surface area contributed by atoms with Gasteiger partial charge >= 0.3 is 0 Å². The molecule has 5 rings (SSSR count). The lowest BCUT2D eigenvalue weighted by Gasteiger charge is -2.35. The van der Waals surface area contributed by atoms with Gasteiger partial charge in [0.05, 0.1) is 6.54 Å². The molecule has 0 aliphatic carbocycles. The van der Waals surface area contributed by atoms with Gasteiger partial charge in [0.1, 0.15) is 0 Å². The van der Waals surface area contributed by atoms with E-state index in [1.165, 1.54) is 5.56 Å². The number of carbonyl (C=O) groups excluding carboxylic acids is 2. The molecule has 0 bridgehead atoms. The minimum absolute atomic E-state index is 0.0327. The van der Waals surface area contributed by atoms with Gasteiger partial charge in [0, 0.05) is 30.8 Å². The summed E-state index contributed by atoms with van der Waals surface area (Å²) in [7, 11) is 0. The highest BCUT2D eigenvalue weighted by Crippen LogP contribution is 2.34. The van der Waals surface area contributed by atoms with Crippen molar-refractivity contribution in [2.45, 2.75) is 32.1 Å². The van der Waals surface area contributed by atoms with Gasteiger partial charge in [0.25, 0.3) is 0 Å². The fraction of sp³-hybridized carbons (Fsp3) is 0.481. The molecule has 2 saturated heterocycles. The third-order valence-electron chi connectivity index (χ3n) is 7.29. The van der Waals surface area contributed by atoms with Crippen LogP contribution in [0.2, 0.25) is 0 Å². The SMILES string of the molecule is O=C(Nc1ccc2c(c1)OCO2)C1CCN(CC(=O)N2CCC(Cc3ccccc3)CC2)CC1. The number of fused-ring (bicyclic) bond motifs is 1. The number of ether oxygens (including phenoxy) is 2. The predicted octanol–water partition coefficient (Wildman–Crippen LogP) is 3.55. The molecule has 0 unspecified atom stereocenters. The van der Waals surface area contributed by atoms with Crippen LogP contribution in [-0.4, -0.2) is 61.1 Å². The van der Waals surface area contributed by atoms with Crippen molar-refractivity contribution in [1.29, 1.82) is 0 Å². The smallest absolute Gasteiger partial charge is 0.236 e. The summed E-state index contributed by atoms with van der Waals surface area (Å²) in [6.07, 6.45) is 4.78. The number of hydrogen-bond donors (Lipinski definition) is 1. The first-order chi connectivity index (χ1) is 16.6. The highest BCUT2D eigenvalue weighted by Gasteiger charge is 2.29. The maximum Gasteiger partial charge on any atom is 0.236 e. The number of benzene rings is 2. The van der Waals surface area contributed by atoms with Gasteiger partial charge in [-0.3, -0.25) is 14.5 Å². The first-order valence-corrected chi connectivity index (χ1v) is 12.4. The van der Waals surface area contributed by atoms with Crippen LogP contribution in [0.3, 0.4) is 0 Å². The highest BCUT2D eigenvalue weighted by molar-refractivity contribution is 5.93. The van der Waals surface area contributed by atoms with E-state index in [1.54, 1.807) is 6.07 Å². The topological polar surface area (TPSA) is 71.1 Å². The minimum Gasteiger partial charge on any atom is -0.454 e. The van der Waals surface area contributed by atoms with Crippen LogP contribution in [0.4, 0.5) is 5.69 Å². The van der Waals surface area contributed by atoms with Crippen LogP contribution in [0.25, 0.3) is 0 Å². The molecule has 0 aromatic heterocycles. The second-order valence-electron chi connectivity index (χ2n) is 9.62. The van der Waals surface area contributed by atoms with Crippen molar-refractivity contribution in [1.82, 2.24) is 9.80 Å². The molecule has 34 heavy (non-hydrogen) atoms. The Morgan fingerprint density at radius 1 is 0.882 bits per heavy atom. The number of amides is 2. The van der Waals surface area contributed by atoms with Crippen LogP contribution >= 0.6 is 0 Å². The summed E-state index contributed by atoms with van der Waals surface area (Å²) in [5, 5.41) is 3.00. The van der Waals surface area contributed by atoms with E-state index in [0.29, 0.717) is 24.0 Å². The van der Waals surface area contributed by atoms with E-state index in [-0.39, 0.29) is 24.5 Å². The molecule has 7 heteroatoms. The molecule has 180 valence electrons. The van der Waals surface area contributed by atoms with E-state index >= 15 is 0 Å². The molecule has 2 amide bonds. The first-order valence-electron chi connectivity index (χ1n) is 12.4. The summed E-state index contributed by atoms with van der Waals surface area (Å²) < 4.78 is 10.7. The Morgan fingerprint density at radius 2 is 1.62 bits per heavy atom. The van der Waals surface area contributed by atoms with E-state index in [1.807, 2.05) is 17.0 Å². The molecule has 0 radical (unpaired) electrons. The van der Waals surface area contributed by atoms with Gasteiger partial charge in [0.2, 0.25) is 18.6 Å². The number of carbonyl (C=O) groups is 2. The largest absolute Gasteiger partial charge is 0.454 e. The number of piperidine rings is 2. The average Bonchev–Trinajstić information content (AvgIpc) is 3.33. The van der Waals surface area contributed by atoms with Gasteiger partial charge in [-0.1, -0.05) is 30.3 Å². The maximum atomic E-state index is 12.9. The molecule has 0 atom stereocenters. The van der Waals surface area contributed by atoms with E-state index in [4.69, 9.17) is 9.47 Å². The Balaban J connectivity index is 1.03. The molecule has 2 aromatic rings. The average molecular weight is 464 g/mol. The summed E-state index contributed by atoms with van der Waals surface area (Å²) in [6.45, 7) is 3.93. The number of likely N-dealkylation sites (tertiary alicyclic amines) is 2. The molecule has 2 aromatic carbocycles. The number of nitrogens with zero attached hydrogens (tertiary/aromatic N) is 2. The van der Waals surface area contributed by atoms with Gasteiger partial charge in [-0.05, 0) is 68.8 Å². The monoisotopic (exact) mass is 463 g/mol. The summed E-state index contributed by atoms with van der Waals surface area (Å²) >= 11 is 0. The van der Waals surface area contributed by atoms with Crippen molar-refractivity contribution >= 4 is 17.5 Å². The van der Waals surface area contributed by atoms with Crippen molar-refractivity contribution in [2.24, 2.45) is 11.8 Å². The number of rotatable bonds is 6. The zero-order chi connectivity index (χ0) is 23.3. The Bertz CT molecular complexity index is 996. The number of hydrogen-bond acceptors (Lipinski definition) is 5. The van der Waals surface area contributed by atoms with Crippen molar-refractivity contribution in [3.8, 4) is 11.5 Å². The molecular weight excluding hydrogens is 430 g/mol. The summed E-state index contributed by atoms with van der Waals surface area (Å²) in [5.41, 5.74) is 2.11. The Labute approximate surface area is 201 Å².